The Morgan fingerprint density at radius 1 is 1.14 bits per heavy atom. The molecule has 2 aromatic heterocycles. The van der Waals surface area contributed by atoms with E-state index in [4.69, 9.17) is 4.74 Å². The maximum atomic E-state index is 11.8. The Balaban J connectivity index is 1.81. The average molecular weight is 296 g/mol. The number of aromatic hydroxyl groups is 1. The number of aryl methyl sites for hydroxylation is 1. The molecule has 0 bridgehead atoms. The Morgan fingerprint density at radius 3 is 2.77 bits per heavy atom. The van der Waals surface area contributed by atoms with E-state index in [-0.39, 0.29) is 11.6 Å². The predicted octanol–water partition coefficient (Wildman–Crippen LogP) is 2.65. The number of benzene rings is 1. The molecule has 0 aliphatic rings. The number of carbonyl (C=O) groups is 1. The summed E-state index contributed by atoms with van der Waals surface area (Å²) in [6.07, 6.45) is -0.807. The summed E-state index contributed by atoms with van der Waals surface area (Å²) in [7, 11) is 0. The van der Waals surface area contributed by atoms with Crippen LogP contribution >= 0.6 is 0 Å². The molecule has 7 heteroatoms. The molecule has 3 rings (SSSR count). The fourth-order valence-electron chi connectivity index (χ4n) is 1.92. The minimum atomic E-state index is -0.807. The summed E-state index contributed by atoms with van der Waals surface area (Å²) in [5.41, 5.74) is 1.26. The van der Waals surface area contributed by atoms with Gasteiger partial charge in [-0.25, -0.2) is 9.78 Å². The number of nitrogens with zero attached hydrogens (tertiary/aromatic N) is 3. The number of carbonyl (C=O) groups excluding carboxylic acids is 1. The molecular weight excluding hydrogens is 284 g/mol. The van der Waals surface area contributed by atoms with Crippen LogP contribution in [-0.2, 0) is 0 Å². The van der Waals surface area contributed by atoms with E-state index < -0.39 is 6.09 Å². The molecule has 2 N–H and O–H groups in total. The highest BCUT2D eigenvalue weighted by molar-refractivity contribution is 5.89. The van der Waals surface area contributed by atoms with Gasteiger partial charge in [0.05, 0.1) is 5.52 Å². The Labute approximate surface area is 125 Å². The van der Waals surface area contributed by atoms with Gasteiger partial charge in [-0.3, -0.25) is 5.32 Å². The molecule has 0 unspecified atom stereocenters. The van der Waals surface area contributed by atoms with Crippen molar-refractivity contribution in [2.45, 2.75) is 6.92 Å². The van der Waals surface area contributed by atoms with Crippen LogP contribution in [0.1, 0.15) is 5.69 Å². The smallest absolute Gasteiger partial charge is 0.419 e. The number of pyridine rings is 1. The van der Waals surface area contributed by atoms with Crippen molar-refractivity contribution in [1.29, 1.82) is 0 Å². The molecule has 0 aliphatic carbocycles. The number of anilines is 1. The first-order valence-electron chi connectivity index (χ1n) is 6.50. The minimum absolute atomic E-state index is 0.238. The van der Waals surface area contributed by atoms with E-state index in [0.29, 0.717) is 16.7 Å². The largest absolute Gasteiger partial charge is 0.503 e. The lowest BCUT2D eigenvalue weighted by Crippen LogP contribution is -2.18. The second-order valence-electron chi connectivity index (χ2n) is 4.55. The molecule has 0 saturated heterocycles. The maximum absolute atomic E-state index is 11.8. The van der Waals surface area contributed by atoms with E-state index in [1.165, 1.54) is 0 Å². The highest BCUT2D eigenvalue weighted by Gasteiger charge is 2.14. The van der Waals surface area contributed by atoms with Crippen LogP contribution < -0.4 is 10.1 Å². The van der Waals surface area contributed by atoms with Gasteiger partial charge in [-0.2, -0.15) is 0 Å². The third kappa shape index (κ3) is 2.78. The number of ether oxygens (including phenoxy) is 1. The zero-order chi connectivity index (χ0) is 15.5. The molecule has 7 nitrogen and oxygen atoms in total. The highest BCUT2D eigenvalue weighted by Crippen LogP contribution is 2.30. The van der Waals surface area contributed by atoms with Crippen LogP contribution in [0.25, 0.3) is 10.9 Å². The monoisotopic (exact) mass is 296 g/mol. The van der Waals surface area contributed by atoms with Crippen LogP contribution in [0.15, 0.2) is 42.5 Å². The number of rotatable bonds is 2. The Morgan fingerprint density at radius 2 is 1.95 bits per heavy atom. The third-order valence-corrected chi connectivity index (χ3v) is 2.92. The van der Waals surface area contributed by atoms with Gasteiger partial charge in [0.15, 0.2) is 5.75 Å². The first kappa shape index (κ1) is 13.7. The first-order chi connectivity index (χ1) is 10.6. The van der Waals surface area contributed by atoms with Gasteiger partial charge in [-0.05, 0) is 31.2 Å². The molecule has 0 radical (unpaired) electrons. The molecule has 0 atom stereocenters. The molecule has 0 fully saturated rings. The van der Waals surface area contributed by atoms with Gasteiger partial charge in [-0.15, -0.1) is 10.2 Å². The predicted molar refractivity (Wildman–Crippen MR) is 79.8 cm³/mol. The fraction of sp³-hybridized carbons (Fsp3) is 0.0667. The average Bonchev–Trinajstić information content (AvgIpc) is 2.50. The number of hydrogen-bond donors (Lipinski definition) is 2. The van der Waals surface area contributed by atoms with Crippen LogP contribution in [0.3, 0.4) is 0 Å². The molecule has 1 amide bonds. The van der Waals surface area contributed by atoms with Crippen LogP contribution in [0.4, 0.5) is 10.6 Å². The molecule has 0 saturated carbocycles. The molecule has 3 aromatic rings. The SMILES string of the molecule is Cc1cccc(NC(=O)Oc2nnc3ccccc3c2O)n1. The molecule has 0 aliphatic heterocycles. The van der Waals surface area contributed by atoms with Gasteiger partial charge in [0, 0.05) is 11.1 Å². The Bertz CT molecular complexity index is 851. The van der Waals surface area contributed by atoms with Gasteiger partial charge in [0.2, 0.25) is 0 Å². The van der Waals surface area contributed by atoms with Crippen LogP contribution in [0, 0.1) is 6.92 Å². The van der Waals surface area contributed by atoms with Crippen molar-refractivity contribution in [2.24, 2.45) is 0 Å². The fourth-order valence-corrected chi connectivity index (χ4v) is 1.92. The molecule has 0 spiro atoms. The van der Waals surface area contributed by atoms with Gasteiger partial charge in [-0.1, -0.05) is 18.2 Å². The molecular formula is C15H12N4O3. The number of nitrogens with one attached hydrogen (secondary N) is 1. The summed E-state index contributed by atoms with van der Waals surface area (Å²) < 4.78 is 4.98. The normalized spacial score (nSPS) is 10.4. The second-order valence-corrected chi connectivity index (χ2v) is 4.55. The van der Waals surface area contributed by atoms with Crippen molar-refractivity contribution in [3.8, 4) is 11.6 Å². The lowest BCUT2D eigenvalue weighted by atomic mass is 10.2. The standard InChI is InChI=1S/C15H12N4O3/c1-9-5-4-8-12(16-9)17-15(21)22-14-13(20)10-6-2-3-7-11(10)18-19-14/h2-8H,1H3,(H,18,20)(H,16,17,21). The van der Waals surface area contributed by atoms with Gasteiger partial charge < -0.3 is 9.84 Å². The summed E-state index contributed by atoms with van der Waals surface area (Å²) in [4.78, 5) is 15.9. The van der Waals surface area contributed by atoms with Crippen molar-refractivity contribution in [2.75, 3.05) is 5.32 Å². The van der Waals surface area contributed by atoms with Crippen molar-refractivity contribution in [3.05, 3.63) is 48.2 Å². The zero-order valence-corrected chi connectivity index (χ0v) is 11.6. The molecule has 1 aromatic carbocycles. The highest BCUT2D eigenvalue weighted by atomic mass is 16.6. The third-order valence-electron chi connectivity index (χ3n) is 2.92. The van der Waals surface area contributed by atoms with Crippen molar-refractivity contribution >= 4 is 22.8 Å². The van der Waals surface area contributed by atoms with Crippen LogP contribution in [0.5, 0.6) is 11.6 Å². The quantitative estimate of drug-likeness (QED) is 0.754. The van der Waals surface area contributed by atoms with Crippen molar-refractivity contribution in [1.82, 2.24) is 15.2 Å². The van der Waals surface area contributed by atoms with E-state index in [1.807, 2.05) is 0 Å². The van der Waals surface area contributed by atoms with Crippen LogP contribution in [-0.4, -0.2) is 26.4 Å². The van der Waals surface area contributed by atoms with Crippen LogP contribution in [0.2, 0.25) is 0 Å². The van der Waals surface area contributed by atoms with Crippen molar-refractivity contribution in [3.63, 3.8) is 0 Å². The Hall–Kier alpha value is -3.22. The second kappa shape index (κ2) is 5.65. The maximum Gasteiger partial charge on any atom is 0.419 e. The van der Waals surface area contributed by atoms with Gasteiger partial charge >= 0.3 is 6.09 Å². The summed E-state index contributed by atoms with van der Waals surface area (Å²) in [6.45, 7) is 1.80. The lowest BCUT2D eigenvalue weighted by Gasteiger charge is -2.07. The summed E-state index contributed by atoms with van der Waals surface area (Å²) >= 11 is 0. The molecule has 110 valence electrons. The summed E-state index contributed by atoms with van der Waals surface area (Å²) in [6, 6.07) is 12.1. The van der Waals surface area contributed by atoms with E-state index in [1.54, 1.807) is 49.4 Å². The number of hydrogen-bond acceptors (Lipinski definition) is 6. The Kier molecular flexibility index (Phi) is 3.53. The number of fused-ring (bicyclic) bond motifs is 1. The lowest BCUT2D eigenvalue weighted by molar-refractivity contribution is 0.210. The first-order valence-corrected chi connectivity index (χ1v) is 6.50. The molecule has 2 heterocycles. The van der Waals surface area contributed by atoms with Crippen molar-refractivity contribution < 1.29 is 14.6 Å². The van der Waals surface area contributed by atoms with E-state index in [0.717, 1.165) is 5.69 Å². The summed E-state index contributed by atoms with van der Waals surface area (Å²) in [5.74, 6) is -0.153. The zero-order valence-electron chi connectivity index (χ0n) is 11.6. The van der Waals surface area contributed by atoms with E-state index >= 15 is 0 Å². The van der Waals surface area contributed by atoms with E-state index in [9.17, 15) is 9.90 Å². The number of aromatic nitrogens is 3. The summed E-state index contributed by atoms with van der Waals surface area (Å²) in [5, 5.41) is 20.6. The van der Waals surface area contributed by atoms with Gasteiger partial charge in [0.1, 0.15) is 5.82 Å². The minimum Gasteiger partial charge on any atom is -0.503 e. The molecule has 22 heavy (non-hydrogen) atoms. The van der Waals surface area contributed by atoms with Gasteiger partial charge in [0.25, 0.3) is 5.88 Å². The number of amides is 1. The van der Waals surface area contributed by atoms with E-state index in [2.05, 4.69) is 20.5 Å². The topological polar surface area (TPSA) is 97.2 Å².